The third-order valence-corrected chi connectivity index (χ3v) is 10.2. The van der Waals surface area contributed by atoms with Crippen LogP contribution in [0.2, 0.25) is 0 Å². The van der Waals surface area contributed by atoms with Crippen LogP contribution in [0.3, 0.4) is 0 Å². The topological polar surface area (TPSA) is 149 Å². The lowest BCUT2D eigenvalue weighted by Crippen LogP contribution is -2.60. The van der Waals surface area contributed by atoms with E-state index in [4.69, 9.17) is 9.47 Å². The Bertz CT molecular complexity index is 741. The van der Waals surface area contributed by atoms with Crippen molar-refractivity contribution in [1.82, 2.24) is 5.32 Å². The minimum absolute atomic E-state index is 0.133. The van der Waals surface area contributed by atoms with Crippen LogP contribution in [0.4, 0.5) is 0 Å². The molecule has 1 fully saturated rings. The van der Waals surface area contributed by atoms with Crippen molar-refractivity contribution in [1.29, 1.82) is 0 Å². The first-order valence-corrected chi connectivity index (χ1v) is 20.7. The van der Waals surface area contributed by atoms with Gasteiger partial charge in [0.25, 0.3) is 0 Å². The molecule has 292 valence electrons. The van der Waals surface area contributed by atoms with Crippen LogP contribution in [0.25, 0.3) is 0 Å². The van der Waals surface area contributed by atoms with Crippen molar-refractivity contribution in [2.75, 3.05) is 13.2 Å². The molecule has 49 heavy (non-hydrogen) atoms. The molecule has 0 aromatic heterocycles. The fourth-order valence-corrected chi connectivity index (χ4v) is 6.81. The highest BCUT2D eigenvalue weighted by Gasteiger charge is 2.44. The average Bonchev–Trinajstić information content (AvgIpc) is 3.10. The number of hydrogen-bond donors (Lipinski definition) is 6. The highest BCUT2D eigenvalue weighted by molar-refractivity contribution is 5.76. The van der Waals surface area contributed by atoms with Crippen molar-refractivity contribution in [2.24, 2.45) is 0 Å². The van der Waals surface area contributed by atoms with Crippen molar-refractivity contribution in [2.45, 2.75) is 236 Å². The number of ether oxygens (including phenoxy) is 2. The van der Waals surface area contributed by atoms with Crippen LogP contribution < -0.4 is 5.32 Å². The molecule has 1 rings (SSSR count). The van der Waals surface area contributed by atoms with Gasteiger partial charge in [-0.15, -0.1) is 0 Å². The third kappa shape index (κ3) is 23.4. The summed E-state index contributed by atoms with van der Waals surface area (Å²) in [6.45, 7) is 3.81. The molecule has 0 radical (unpaired) electrons. The summed E-state index contributed by atoms with van der Waals surface area (Å²) in [5.74, 6) is -0.144. The summed E-state index contributed by atoms with van der Waals surface area (Å²) in [6.07, 6.45) is 25.4. The summed E-state index contributed by atoms with van der Waals surface area (Å²) in [7, 11) is 0. The van der Waals surface area contributed by atoms with E-state index in [1.165, 1.54) is 128 Å². The van der Waals surface area contributed by atoms with Gasteiger partial charge in [0.15, 0.2) is 6.29 Å². The van der Waals surface area contributed by atoms with Crippen molar-refractivity contribution >= 4 is 5.91 Å². The van der Waals surface area contributed by atoms with E-state index < -0.39 is 49.5 Å². The maximum atomic E-state index is 12.9. The average molecular weight is 702 g/mol. The highest BCUT2D eigenvalue weighted by Crippen LogP contribution is 2.23. The molecule has 0 aromatic carbocycles. The molecule has 7 atom stereocenters. The van der Waals surface area contributed by atoms with Crippen LogP contribution in [0, 0.1) is 0 Å². The van der Waals surface area contributed by atoms with E-state index >= 15 is 0 Å². The molecule has 6 N–H and O–H groups in total. The monoisotopic (exact) mass is 702 g/mol. The fourth-order valence-electron chi connectivity index (χ4n) is 6.81. The number of rotatable bonds is 34. The van der Waals surface area contributed by atoms with Gasteiger partial charge in [-0.2, -0.15) is 0 Å². The predicted octanol–water partition coefficient (Wildman–Crippen LogP) is 7.61. The van der Waals surface area contributed by atoms with Gasteiger partial charge in [0, 0.05) is 6.42 Å². The molecule has 0 bridgehead atoms. The summed E-state index contributed by atoms with van der Waals surface area (Å²) < 4.78 is 11.2. The summed E-state index contributed by atoms with van der Waals surface area (Å²) >= 11 is 0. The number of hydrogen-bond acceptors (Lipinski definition) is 8. The van der Waals surface area contributed by atoms with Crippen LogP contribution in [0.15, 0.2) is 0 Å². The standard InChI is InChI=1S/C40H79NO8/c1-3-5-7-9-11-13-14-15-16-17-18-19-20-22-24-26-28-30-36(44)41-33(34(43)29-27-25-23-21-12-10-8-6-4-2)32-48-40-39(47)38(46)37(45)35(31-42)49-40/h33-35,37-40,42-43,45-47H,3-32H2,1-2H3,(H,41,44)/t33-,34+,35+,37+,38?,39?,40+/m0/s1. The number of aliphatic hydroxyl groups is 5. The fraction of sp³-hybridized carbons (Fsp3) is 0.975. The molecule has 9 heteroatoms. The second-order valence-electron chi connectivity index (χ2n) is 14.8. The van der Waals surface area contributed by atoms with Crippen LogP contribution in [0.5, 0.6) is 0 Å². The van der Waals surface area contributed by atoms with Gasteiger partial charge in [-0.25, -0.2) is 0 Å². The lowest BCUT2D eigenvalue weighted by molar-refractivity contribution is -0.302. The smallest absolute Gasteiger partial charge is 0.220 e. The number of amides is 1. The first-order valence-electron chi connectivity index (χ1n) is 20.7. The first-order chi connectivity index (χ1) is 23.8. The maximum absolute atomic E-state index is 12.9. The zero-order valence-corrected chi connectivity index (χ0v) is 31.7. The predicted molar refractivity (Wildman–Crippen MR) is 198 cm³/mol. The SMILES string of the molecule is CCCCCCCCCCCCCCCCCCCC(=O)N[C@@H](CO[C@@H]1O[C@H](CO)[C@@H](O)C(O)C1O)[C@H](O)CCCCCCCCCCC. The van der Waals surface area contributed by atoms with Gasteiger partial charge in [-0.3, -0.25) is 4.79 Å². The Balaban J connectivity index is 2.32. The summed E-state index contributed by atoms with van der Waals surface area (Å²) in [6, 6.07) is -0.709. The molecule has 2 unspecified atom stereocenters. The Morgan fingerprint density at radius 1 is 0.612 bits per heavy atom. The normalized spacial score (nSPS) is 22.3. The summed E-state index contributed by atoms with van der Waals surface area (Å²) in [5.41, 5.74) is 0. The summed E-state index contributed by atoms with van der Waals surface area (Å²) in [5, 5.41) is 54.0. The lowest BCUT2D eigenvalue weighted by atomic mass is 9.99. The number of carbonyl (C=O) groups is 1. The number of unbranched alkanes of at least 4 members (excludes halogenated alkanes) is 24. The molecule has 1 saturated heterocycles. The van der Waals surface area contributed by atoms with Crippen molar-refractivity contribution in [3.63, 3.8) is 0 Å². The van der Waals surface area contributed by atoms with E-state index in [1.54, 1.807) is 0 Å². The number of nitrogens with one attached hydrogen (secondary N) is 1. The minimum Gasteiger partial charge on any atom is -0.394 e. The van der Waals surface area contributed by atoms with Crippen molar-refractivity contribution < 1.29 is 39.8 Å². The summed E-state index contributed by atoms with van der Waals surface area (Å²) in [4.78, 5) is 12.9. The number of carbonyl (C=O) groups excluding carboxylic acids is 1. The molecule has 1 heterocycles. The molecule has 0 aliphatic carbocycles. The zero-order chi connectivity index (χ0) is 36.0. The molecule has 0 spiro atoms. The van der Waals surface area contributed by atoms with Gasteiger partial charge < -0.3 is 40.3 Å². The van der Waals surface area contributed by atoms with E-state index in [1.807, 2.05) is 0 Å². The third-order valence-electron chi connectivity index (χ3n) is 10.2. The molecule has 0 saturated carbocycles. The van der Waals surface area contributed by atoms with E-state index in [0.29, 0.717) is 12.8 Å². The van der Waals surface area contributed by atoms with Crippen LogP contribution in [0.1, 0.15) is 194 Å². The van der Waals surface area contributed by atoms with E-state index in [2.05, 4.69) is 19.2 Å². The second kappa shape index (κ2) is 31.9. The maximum Gasteiger partial charge on any atom is 0.220 e. The Hall–Kier alpha value is -0.810. The quantitative estimate of drug-likeness (QED) is 0.0376. The van der Waals surface area contributed by atoms with Gasteiger partial charge in [0.05, 0.1) is 25.4 Å². The van der Waals surface area contributed by atoms with E-state index in [-0.39, 0.29) is 12.5 Å². The van der Waals surface area contributed by atoms with Crippen molar-refractivity contribution in [3.8, 4) is 0 Å². The molecular weight excluding hydrogens is 622 g/mol. The molecule has 1 amide bonds. The molecular formula is C40H79NO8. The van der Waals surface area contributed by atoms with Crippen LogP contribution >= 0.6 is 0 Å². The first kappa shape index (κ1) is 46.2. The lowest BCUT2D eigenvalue weighted by Gasteiger charge is -2.40. The Morgan fingerprint density at radius 3 is 1.45 bits per heavy atom. The highest BCUT2D eigenvalue weighted by atomic mass is 16.7. The van der Waals surface area contributed by atoms with Crippen molar-refractivity contribution in [3.05, 3.63) is 0 Å². The number of aliphatic hydroxyl groups excluding tert-OH is 5. The van der Waals surface area contributed by atoms with Gasteiger partial charge in [-0.1, -0.05) is 174 Å². The van der Waals surface area contributed by atoms with Gasteiger partial charge in [0.1, 0.15) is 24.4 Å². The van der Waals surface area contributed by atoms with Gasteiger partial charge >= 0.3 is 0 Å². The molecule has 0 aromatic rings. The Labute approximate surface area is 300 Å². The largest absolute Gasteiger partial charge is 0.394 e. The Morgan fingerprint density at radius 2 is 1.02 bits per heavy atom. The van der Waals surface area contributed by atoms with Crippen LogP contribution in [-0.4, -0.2) is 87.5 Å². The second-order valence-corrected chi connectivity index (χ2v) is 14.8. The molecule has 1 aliphatic heterocycles. The van der Waals surface area contributed by atoms with E-state index in [0.717, 1.165) is 38.5 Å². The minimum atomic E-state index is -1.55. The van der Waals surface area contributed by atoms with Gasteiger partial charge in [0.2, 0.25) is 5.91 Å². The molecule has 9 nitrogen and oxygen atoms in total. The zero-order valence-electron chi connectivity index (χ0n) is 31.7. The molecule has 1 aliphatic rings. The Kier molecular flexibility index (Phi) is 30.1. The van der Waals surface area contributed by atoms with E-state index in [9.17, 15) is 30.3 Å². The van der Waals surface area contributed by atoms with Gasteiger partial charge in [-0.05, 0) is 12.8 Å². The van der Waals surface area contributed by atoms with Crippen LogP contribution in [-0.2, 0) is 14.3 Å².